The highest BCUT2D eigenvalue weighted by Gasteiger charge is 2.33. The van der Waals surface area contributed by atoms with Gasteiger partial charge in [0.1, 0.15) is 11.6 Å². The molecule has 1 saturated carbocycles. The standard InChI is InChI=1S/C25H41N5O2/c1-28(2)23-16-22(21-15-24(31)30(18-21)13-14-32-3)26-25(27-23)20-9-11-29(12-10-20)17-19-7-5-4-6-8-19/h16,19-21H,4-15,17-18H2,1-3H3. The topological polar surface area (TPSA) is 61.8 Å². The van der Waals surface area contributed by atoms with Crippen molar-refractivity contribution < 1.29 is 9.53 Å². The van der Waals surface area contributed by atoms with Gasteiger partial charge in [0, 0.05) is 65.2 Å². The summed E-state index contributed by atoms with van der Waals surface area (Å²) in [4.78, 5) is 29.1. The Balaban J connectivity index is 1.41. The molecular weight excluding hydrogens is 402 g/mol. The molecule has 4 rings (SSSR count). The lowest BCUT2D eigenvalue weighted by Gasteiger charge is -2.35. The lowest BCUT2D eigenvalue weighted by atomic mass is 9.87. The van der Waals surface area contributed by atoms with Gasteiger partial charge in [-0.25, -0.2) is 9.97 Å². The van der Waals surface area contributed by atoms with Gasteiger partial charge in [0.05, 0.1) is 12.3 Å². The number of carbonyl (C=O) groups excluding carboxylic acids is 1. The van der Waals surface area contributed by atoms with E-state index in [4.69, 9.17) is 14.7 Å². The van der Waals surface area contributed by atoms with Crippen LogP contribution in [0.15, 0.2) is 6.07 Å². The van der Waals surface area contributed by atoms with Crippen molar-refractivity contribution in [2.24, 2.45) is 5.92 Å². The van der Waals surface area contributed by atoms with Crippen LogP contribution in [-0.4, -0.2) is 86.2 Å². The van der Waals surface area contributed by atoms with Crippen molar-refractivity contribution in [2.45, 2.75) is 63.2 Å². The van der Waals surface area contributed by atoms with Gasteiger partial charge < -0.3 is 19.4 Å². The van der Waals surface area contributed by atoms with Crippen molar-refractivity contribution in [3.05, 3.63) is 17.6 Å². The van der Waals surface area contributed by atoms with Crippen LogP contribution in [0.4, 0.5) is 5.82 Å². The maximum Gasteiger partial charge on any atom is 0.223 e. The van der Waals surface area contributed by atoms with Crippen LogP contribution in [0, 0.1) is 5.92 Å². The number of amides is 1. The molecule has 1 aromatic rings. The number of ether oxygens (including phenoxy) is 1. The number of anilines is 1. The Morgan fingerprint density at radius 1 is 1.06 bits per heavy atom. The van der Waals surface area contributed by atoms with Crippen LogP contribution >= 0.6 is 0 Å². The van der Waals surface area contributed by atoms with E-state index in [2.05, 4.69) is 15.9 Å². The van der Waals surface area contributed by atoms with E-state index in [-0.39, 0.29) is 11.8 Å². The number of piperidine rings is 1. The zero-order valence-corrected chi connectivity index (χ0v) is 20.3. The molecule has 1 aliphatic carbocycles. The maximum atomic E-state index is 12.5. The lowest BCUT2D eigenvalue weighted by molar-refractivity contribution is -0.128. The molecule has 3 heterocycles. The minimum atomic E-state index is 0.145. The van der Waals surface area contributed by atoms with Crippen molar-refractivity contribution >= 4 is 11.7 Å². The van der Waals surface area contributed by atoms with E-state index in [1.807, 2.05) is 19.0 Å². The summed E-state index contributed by atoms with van der Waals surface area (Å²) in [6.07, 6.45) is 9.89. The average Bonchev–Trinajstić information content (AvgIpc) is 3.19. The van der Waals surface area contributed by atoms with Crippen LogP contribution in [0.25, 0.3) is 0 Å². The van der Waals surface area contributed by atoms with Gasteiger partial charge in [0.2, 0.25) is 5.91 Å². The molecule has 1 aromatic heterocycles. The molecule has 2 aliphatic heterocycles. The fourth-order valence-corrected chi connectivity index (χ4v) is 5.59. The quantitative estimate of drug-likeness (QED) is 0.615. The number of aromatic nitrogens is 2. The molecular formula is C25H41N5O2. The van der Waals surface area contributed by atoms with Gasteiger partial charge in [-0.15, -0.1) is 0 Å². The van der Waals surface area contributed by atoms with Crippen molar-refractivity contribution in [1.29, 1.82) is 0 Å². The number of nitrogens with zero attached hydrogens (tertiary/aromatic N) is 5. The van der Waals surface area contributed by atoms with E-state index < -0.39 is 0 Å². The molecule has 7 heteroatoms. The number of hydrogen-bond acceptors (Lipinski definition) is 6. The van der Waals surface area contributed by atoms with Crippen LogP contribution < -0.4 is 4.90 Å². The van der Waals surface area contributed by atoms with Gasteiger partial charge in [-0.05, 0) is 44.7 Å². The Morgan fingerprint density at radius 3 is 2.50 bits per heavy atom. The number of methoxy groups -OCH3 is 1. The predicted molar refractivity (Wildman–Crippen MR) is 127 cm³/mol. The van der Waals surface area contributed by atoms with Crippen LogP contribution in [0.1, 0.15) is 74.7 Å². The highest BCUT2D eigenvalue weighted by atomic mass is 16.5. The molecule has 0 spiro atoms. The third kappa shape index (κ3) is 5.79. The summed E-state index contributed by atoms with van der Waals surface area (Å²) >= 11 is 0. The maximum absolute atomic E-state index is 12.5. The van der Waals surface area contributed by atoms with Gasteiger partial charge in [-0.2, -0.15) is 0 Å². The number of rotatable bonds is 8. The van der Waals surface area contributed by atoms with E-state index in [9.17, 15) is 4.79 Å². The summed E-state index contributed by atoms with van der Waals surface area (Å²) in [6.45, 7) is 5.54. The van der Waals surface area contributed by atoms with Crippen molar-refractivity contribution in [2.75, 3.05) is 65.4 Å². The third-order valence-electron chi connectivity index (χ3n) is 7.60. The molecule has 3 fully saturated rings. The molecule has 1 amide bonds. The summed E-state index contributed by atoms with van der Waals surface area (Å²) in [6, 6.07) is 2.08. The smallest absolute Gasteiger partial charge is 0.223 e. The molecule has 1 atom stereocenters. The molecule has 0 radical (unpaired) electrons. The van der Waals surface area contributed by atoms with Crippen molar-refractivity contribution in [1.82, 2.24) is 19.8 Å². The summed E-state index contributed by atoms with van der Waals surface area (Å²) in [5.41, 5.74) is 1.02. The van der Waals surface area contributed by atoms with Crippen LogP contribution in [-0.2, 0) is 9.53 Å². The highest BCUT2D eigenvalue weighted by molar-refractivity contribution is 5.79. The fraction of sp³-hybridized carbons (Fsp3) is 0.800. The number of carbonyl (C=O) groups is 1. The molecule has 7 nitrogen and oxygen atoms in total. The Hall–Kier alpha value is -1.73. The second-order valence-corrected chi connectivity index (χ2v) is 10.2. The van der Waals surface area contributed by atoms with Crippen LogP contribution in [0.2, 0.25) is 0 Å². The second-order valence-electron chi connectivity index (χ2n) is 10.2. The van der Waals surface area contributed by atoms with E-state index in [0.717, 1.165) is 55.7 Å². The molecule has 3 aliphatic rings. The molecule has 0 N–H and O–H groups in total. The van der Waals surface area contributed by atoms with E-state index >= 15 is 0 Å². The predicted octanol–water partition coefficient (Wildman–Crippen LogP) is 3.26. The van der Waals surface area contributed by atoms with Crippen molar-refractivity contribution in [3.63, 3.8) is 0 Å². The summed E-state index contributed by atoms with van der Waals surface area (Å²) in [5, 5.41) is 0. The van der Waals surface area contributed by atoms with Gasteiger partial charge in [-0.3, -0.25) is 4.79 Å². The van der Waals surface area contributed by atoms with E-state index in [1.165, 1.54) is 38.6 Å². The van der Waals surface area contributed by atoms with Crippen LogP contribution in [0.5, 0.6) is 0 Å². The Morgan fingerprint density at radius 2 is 1.81 bits per heavy atom. The summed E-state index contributed by atoms with van der Waals surface area (Å²) < 4.78 is 5.17. The minimum Gasteiger partial charge on any atom is -0.383 e. The summed E-state index contributed by atoms with van der Waals surface area (Å²) in [5.74, 6) is 3.60. The first-order valence-electron chi connectivity index (χ1n) is 12.6. The zero-order valence-electron chi connectivity index (χ0n) is 20.3. The lowest BCUT2D eigenvalue weighted by Crippen LogP contribution is -2.37. The first-order chi connectivity index (χ1) is 15.5. The van der Waals surface area contributed by atoms with Gasteiger partial charge in [0.15, 0.2) is 0 Å². The van der Waals surface area contributed by atoms with Gasteiger partial charge in [-0.1, -0.05) is 19.3 Å². The first kappa shape index (κ1) is 23.4. The van der Waals surface area contributed by atoms with Crippen molar-refractivity contribution in [3.8, 4) is 0 Å². The molecule has 0 aromatic carbocycles. The Labute approximate surface area is 193 Å². The Kier molecular flexibility index (Phi) is 8.00. The molecule has 178 valence electrons. The SMILES string of the molecule is COCCN1CC(c2cc(N(C)C)nc(C3CCN(CC4CCCCC4)CC3)n2)CC1=O. The summed E-state index contributed by atoms with van der Waals surface area (Å²) in [7, 11) is 5.75. The zero-order chi connectivity index (χ0) is 22.5. The minimum absolute atomic E-state index is 0.145. The third-order valence-corrected chi connectivity index (χ3v) is 7.60. The van der Waals surface area contributed by atoms with Gasteiger partial charge >= 0.3 is 0 Å². The van der Waals surface area contributed by atoms with E-state index in [0.29, 0.717) is 25.5 Å². The second kappa shape index (κ2) is 10.9. The molecule has 2 saturated heterocycles. The normalized spacial score (nSPS) is 23.8. The molecule has 0 bridgehead atoms. The Bertz CT molecular complexity index is 757. The first-order valence-corrected chi connectivity index (χ1v) is 12.6. The van der Waals surface area contributed by atoms with Gasteiger partial charge in [0.25, 0.3) is 0 Å². The van der Waals surface area contributed by atoms with E-state index in [1.54, 1.807) is 7.11 Å². The molecule has 1 unspecified atom stereocenters. The monoisotopic (exact) mass is 443 g/mol. The highest BCUT2D eigenvalue weighted by Crippen LogP contribution is 2.33. The average molecular weight is 444 g/mol. The number of likely N-dealkylation sites (tertiary alicyclic amines) is 2. The molecule has 32 heavy (non-hydrogen) atoms. The van der Waals surface area contributed by atoms with Crippen LogP contribution in [0.3, 0.4) is 0 Å². The largest absolute Gasteiger partial charge is 0.383 e. The fourth-order valence-electron chi connectivity index (χ4n) is 5.59. The number of hydrogen-bond donors (Lipinski definition) is 0.